The number of hydrogen-bond acceptors (Lipinski definition) is 1. The molecule has 1 nitrogen and oxygen atoms in total. The Labute approximate surface area is 226 Å². The SMILES string of the molecule is Cc1ccc(C(OC(c2ccc(C)cc2)c2ccccc2CCBr)c2ccccc2CCBr)cc1. The summed E-state index contributed by atoms with van der Waals surface area (Å²) < 4.78 is 7.22. The van der Waals surface area contributed by atoms with E-state index >= 15 is 0 Å². The molecule has 180 valence electrons. The first-order valence-corrected chi connectivity index (χ1v) is 14.4. The number of benzene rings is 4. The standard InChI is InChI=1S/C32H32Br2O/c1-23-11-15-27(16-12-23)31(29-9-5-3-7-25(29)19-21-33)35-32(28-17-13-24(2)14-18-28)30-10-6-4-8-26(30)20-22-34/h3-18,31-32H,19-22H2,1-2H3. The zero-order valence-electron chi connectivity index (χ0n) is 20.4. The summed E-state index contributed by atoms with van der Waals surface area (Å²) in [6.07, 6.45) is 1.54. The predicted molar refractivity (Wildman–Crippen MR) is 155 cm³/mol. The Bertz CT molecular complexity index is 1120. The van der Waals surface area contributed by atoms with E-state index in [0.29, 0.717) is 0 Å². The lowest BCUT2D eigenvalue weighted by molar-refractivity contribution is 0.0300. The van der Waals surface area contributed by atoms with Gasteiger partial charge in [-0.05, 0) is 60.1 Å². The van der Waals surface area contributed by atoms with Crippen molar-refractivity contribution in [2.24, 2.45) is 0 Å². The molecule has 4 aromatic rings. The van der Waals surface area contributed by atoms with Gasteiger partial charge in [0, 0.05) is 10.7 Å². The van der Waals surface area contributed by atoms with Gasteiger partial charge in [0.1, 0.15) is 12.2 Å². The van der Waals surface area contributed by atoms with Crippen LogP contribution in [0.2, 0.25) is 0 Å². The predicted octanol–water partition coefficient (Wildman–Crippen LogP) is 9.07. The second-order valence-electron chi connectivity index (χ2n) is 8.99. The Hall–Kier alpha value is -2.20. The fourth-order valence-electron chi connectivity index (χ4n) is 4.52. The molecule has 0 aliphatic heterocycles. The van der Waals surface area contributed by atoms with E-state index in [-0.39, 0.29) is 12.2 Å². The number of aryl methyl sites for hydroxylation is 4. The van der Waals surface area contributed by atoms with Crippen LogP contribution in [0.4, 0.5) is 0 Å². The van der Waals surface area contributed by atoms with E-state index in [1.165, 1.54) is 44.5 Å². The van der Waals surface area contributed by atoms with Crippen molar-refractivity contribution in [3.05, 3.63) is 142 Å². The van der Waals surface area contributed by atoms with Gasteiger partial charge in [0.05, 0.1) is 0 Å². The highest BCUT2D eigenvalue weighted by Crippen LogP contribution is 2.39. The van der Waals surface area contributed by atoms with Crippen molar-refractivity contribution in [3.8, 4) is 0 Å². The Morgan fingerprint density at radius 1 is 0.543 bits per heavy atom. The van der Waals surface area contributed by atoms with Gasteiger partial charge in [-0.2, -0.15) is 0 Å². The fourth-order valence-corrected chi connectivity index (χ4v) is 5.37. The van der Waals surface area contributed by atoms with Gasteiger partial charge >= 0.3 is 0 Å². The van der Waals surface area contributed by atoms with Crippen molar-refractivity contribution in [3.63, 3.8) is 0 Å². The molecule has 0 aliphatic carbocycles. The van der Waals surface area contributed by atoms with Crippen LogP contribution in [0, 0.1) is 13.8 Å². The maximum atomic E-state index is 7.22. The van der Waals surface area contributed by atoms with E-state index in [1.54, 1.807) is 0 Å². The first kappa shape index (κ1) is 25.9. The van der Waals surface area contributed by atoms with Gasteiger partial charge in [-0.1, -0.05) is 140 Å². The molecule has 0 heterocycles. The van der Waals surface area contributed by atoms with Crippen molar-refractivity contribution in [2.75, 3.05) is 10.7 Å². The molecule has 35 heavy (non-hydrogen) atoms. The van der Waals surface area contributed by atoms with Crippen LogP contribution >= 0.6 is 31.9 Å². The molecule has 0 amide bonds. The van der Waals surface area contributed by atoms with Crippen LogP contribution in [0.3, 0.4) is 0 Å². The van der Waals surface area contributed by atoms with E-state index in [4.69, 9.17) is 4.74 Å². The van der Waals surface area contributed by atoms with Crippen molar-refractivity contribution >= 4 is 31.9 Å². The largest absolute Gasteiger partial charge is 0.356 e. The fraction of sp³-hybridized carbons (Fsp3) is 0.250. The Morgan fingerprint density at radius 2 is 0.914 bits per heavy atom. The molecule has 2 atom stereocenters. The number of rotatable bonds is 10. The maximum Gasteiger partial charge on any atom is 0.109 e. The molecule has 0 aromatic heterocycles. The highest BCUT2D eigenvalue weighted by atomic mass is 79.9. The minimum atomic E-state index is -0.186. The molecule has 0 saturated carbocycles. The zero-order chi connectivity index (χ0) is 24.6. The minimum Gasteiger partial charge on any atom is -0.356 e. The minimum absolute atomic E-state index is 0.186. The van der Waals surface area contributed by atoms with Crippen LogP contribution < -0.4 is 0 Å². The molecular weight excluding hydrogens is 560 g/mol. The summed E-state index contributed by atoms with van der Waals surface area (Å²) >= 11 is 7.30. The van der Waals surface area contributed by atoms with Crippen LogP contribution in [-0.2, 0) is 17.6 Å². The second-order valence-corrected chi connectivity index (χ2v) is 10.6. The molecule has 0 fully saturated rings. The summed E-state index contributed by atoms with van der Waals surface area (Å²) in [5, 5.41) is 1.83. The average Bonchev–Trinajstić information content (AvgIpc) is 2.88. The molecule has 4 aromatic carbocycles. The highest BCUT2D eigenvalue weighted by Gasteiger charge is 2.26. The summed E-state index contributed by atoms with van der Waals surface area (Å²) in [5.41, 5.74) is 9.92. The summed E-state index contributed by atoms with van der Waals surface area (Å²) in [4.78, 5) is 0. The molecule has 0 spiro atoms. The van der Waals surface area contributed by atoms with Gasteiger partial charge in [-0.15, -0.1) is 0 Å². The summed E-state index contributed by atoms with van der Waals surface area (Å²) in [5.74, 6) is 0. The number of halogens is 2. The third-order valence-corrected chi connectivity index (χ3v) is 7.23. The van der Waals surface area contributed by atoms with Crippen molar-refractivity contribution in [2.45, 2.75) is 38.9 Å². The van der Waals surface area contributed by atoms with Crippen LogP contribution in [0.25, 0.3) is 0 Å². The molecule has 0 radical (unpaired) electrons. The lowest BCUT2D eigenvalue weighted by Gasteiger charge is -2.29. The zero-order valence-corrected chi connectivity index (χ0v) is 23.6. The summed E-state index contributed by atoms with van der Waals surface area (Å²) in [7, 11) is 0. The Morgan fingerprint density at radius 3 is 1.29 bits per heavy atom. The number of alkyl halides is 2. The molecule has 0 bridgehead atoms. The summed E-state index contributed by atoms with van der Waals surface area (Å²) in [6, 6.07) is 34.9. The smallest absolute Gasteiger partial charge is 0.109 e. The molecule has 0 N–H and O–H groups in total. The molecule has 2 unspecified atom stereocenters. The maximum absolute atomic E-state index is 7.22. The van der Waals surface area contributed by atoms with Crippen LogP contribution in [0.15, 0.2) is 97.1 Å². The van der Waals surface area contributed by atoms with Gasteiger partial charge in [0.15, 0.2) is 0 Å². The monoisotopic (exact) mass is 590 g/mol. The van der Waals surface area contributed by atoms with E-state index in [9.17, 15) is 0 Å². The quantitative estimate of drug-likeness (QED) is 0.167. The number of ether oxygens (including phenoxy) is 1. The van der Waals surface area contributed by atoms with Gasteiger partial charge in [0.25, 0.3) is 0 Å². The lowest BCUT2D eigenvalue weighted by Crippen LogP contribution is -2.16. The van der Waals surface area contributed by atoms with Crippen LogP contribution in [0.5, 0.6) is 0 Å². The van der Waals surface area contributed by atoms with E-state index in [2.05, 4.69) is 143 Å². The second kappa shape index (κ2) is 12.7. The molecule has 4 rings (SSSR count). The van der Waals surface area contributed by atoms with E-state index in [1.807, 2.05) is 0 Å². The number of hydrogen-bond donors (Lipinski definition) is 0. The first-order chi connectivity index (χ1) is 17.1. The van der Waals surface area contributed by atoms with Crippen molar-refractivity contribution in [1.82, 2.24) is 0 Å². The average molecular weight is 592 g/mol. The van der Waals surface area contributed by atoms with Crippen molar-refractivity contribution < 1.29 is 4.74 Å². The van der Waals surface area contributed by atoms with Crippen LogP contribution in [0.1, 0.15) is 56.7 Å². The van der Waals surface area contributed by atoms with Gasteiger partial charge in [-0.25, -0.2) is 0 Å². The van der Waals surface area contributed by atoms with Gasteiger partial charge < -0.3 is 4.74 Å². The highest BCUT2D eigenvalue weighted by molar-refractivity contribution is 9.09. The molecule has 3 heteroatoms. The Balaban J connectivity index is 1.86. The van der Waals surface area contributed by atoms with Gasteiger partial charge in [-0.3, -0.25) is 0 Å². The normalized spacial score (nSPS) is 12.9. The third-order valence-electron chi connectivity index (χ3n) is 6.44. The molecular formula is C32H32Br2O. The third kappa shape index (κ3) is 6.52. The molecule has 0 saturated heterocycles. The first-order valence-electron chi connectivity index (χ1n) is 12.2. The van der Waals surface area contributed by atoms with E-state index in [0.717, 1.165) is 23.5 Å². The lowest BCUT2D eigenvalue weighted by atomic mass is 9.92. The molecule has 0 aliphatic rings. The topological polar surface area (TPSA) is 9.23 Å². The van der Waals surface area contributed by atoms with Crippen LogP contribution in [-0.4, -0.2) is 10.7 Å². The van der Waals surface area contributed by atoms with Crippen molar-refractivity contribution in [1.29, 1.82) is 0 Å². The Kier molecular flexibility index (Phi) is 9.37. The summed E-state index contributed by atoms with van der Waals surface area (Å²) in [6.45, 7) is 4.26. The van der Waals surface area contributed by atoms with Gasteiger partial charge in [0.2, 0.25) is 0 Å². The van der Waals surface area contributed by atoms with E-state index < -0.39 is 0 Å².